The molecule has 0 aromatic rings. The highest BCUT2D eigenvalue weighted by molar-refractivity contribution is 8.00. The predicted octanol–water partition coefficient (Wildman–Crippen LogP) is 1.15. The molecule has 0 bridgehead atoms. The fourth-order valence-corrected chi connectivity index (χ4v) is 2.28. The Morgan fingerprint density at radius 1 is 1.90 bits per heavy atom. The molecule has 0 spiro atoms. The Hall–Kier alpha value is 0.110. The van der Waals surface area contributed by atoms with Crippen LogP contribution < -0.4 is 0 Å². The van der Waals surface area contributed by atoms with Crippen molar-refractivity contribution in [2.75, 3.05) is 18.3 Å². The van der Waals surface area contributed by atoms with Gasteiger partial charge in [0, 0.05) is 24.6 Å². The minimum atomic E-state index is 0.153. The van der Waals surface area contributed by atoms with Crippen LogP contribution in [0.15, 0.2) is 0 Å². The van der Waals surface area contributed by atoms with Crippen molar-refractivity contribution in [1.82, 2.24) is 4.90 Å². The summed E-state index contributed by atoms with van der Waals surface area (Å²) in [5.74, 6) is 1.61. The van der Waals surface area contributed by atoms with Crippen molar-refractivity contribution in [3.63, 3.8) is 0 Å². The van der Waals surface area contributed by atoms with Crippen LogP contribution in [-0.4, -0.2) is 34.4 Å². The normalized spacial score (nSPS) is 25.4. The van der Waals surface area contributed by atoms with Gasteiger partial charge in [-0.2, -0.15) is 0 Å². The predicted molar refractivity (Wildman–Crippen MR) is 44.4 cm³/mol. The van der Waals surface area contributed by atoms with E-state index in [0.717, 1.165) is 12.4 Å². The molecule has 1 atom stereocenters. The van der Waals surface area contributed by atoms with Gasteiger partial charge in [0.15, 0.2) is 0 Å². The number of hydrogen-bond acceptors (Lipinski definition) is 2. The minimum absolute atomic E-state index is 0.153. The van der Waals surface area contributed by atoms with E-state index in [9.17, 15) is 4.79 Å². The number of carbonyl (C=O) groups excluding carboxylic acids is 1. The number of alkyl halides is 1. The van der Waals surface area contributed by atoms with Gasteiger partial charge in [0.2, 0.25) is 5.91 Å². The molecule has 1 saturated heterocycles. The van der Waals surface area contributed by atoms with E-state index in [1.54, 1.807) is 18.7 Å². The van der Waals surface area contributed by atoms with Crippen molar-refractivity contribution in [2.24, 2.45) is 0 Å². The molecule has 0 N–H and O–H groups in total. The zero-order valence-corrected chi connectivity index (χ0v) is 7.41. The van der Waals surface area contributed by atoms with Crippen molar-refractivity contribution >= 4 is 29.3 Å². The summed E-state index contributed by atoms with van der Waals surface area (Å²) >= 11 is 7.37. The van der Waals surface area contributed by atoms with Crippen LogP contribution in [-0.2, 0) is 4.79 Å². The Bertz CT molecular complexity index is 142. The van der Waals surface area contributed by atoms with Crippen molar-refractivity contribution in [2.45, 2.75) is 12.2 Å². The molecule has 0 aromatic heterocycles. The van der Waals surface area contributed by atoms with Crippen LogP contribution in [0.1, 0.15) is 6.92 Å². The number of rotatable bonds is 1. The van der Waals surface area contributed by atoms with Gasteiger partial charge in [0.05, 0.1) is 5.88 Å². The van der Waals surface area contributed by atoms with E-state index in [2.05, 4.69) is 0 Å². The van der Waals surface area contributed by atoms with Crippen molar-refractivity contribution in [3.05, 3.63) is 0 Å². The topological polar surface area (TPSA) is 20.3 Å². The summed E-state index contributed by atoms with van der Waals surface area (Å²) in [5, 5.41) is 0.450. The number of hydrogen-bond donors (Lipinski definition) is 0. The first-order chi connectivity index (χ1) is 4.74. The molecule has 1 aliphatic heterocycles. The first-order valence-electron chi connectivity index (χ1n) is 3.17. The molecule has 1 fully saturated rings. The Morgan fingerprint density at radius 3 is 2.90 bits per heavy atom. The van der Waals surface area contributed by atoms with E-state index in [0.29, 0.717) is 11.1 Å². The Kier molecular flexibility index (Phi) is 2.86. The number of carbonyl (C=O) groups is 1. The first kappa shape index (κ1) is 8.21. The van der Waals surface area contributed by atoms with Gasteiger partial charge in [0.25, 0.3) is 0 Å². The monoisotopic (exact) mass is 179 g/mol. The third-order valence-corrected chi connectivity index (χ3v) is 3.31. The van der Waals surface area contributed by atoms with Crippen LogP contribution in [0.5, 0.6) is 0 Å². The van der Waals surface area contributed by atoms with Crippen molar-refractivity contribution in [1.29, 1.82) is 0 Å². The number of halogens is 1. The molecule has 0 radical (unpaired) electrons. The zero-order valence-electron chi connectivity index (χ0n) is 5.84. The maximum atomic E-state index is 10.8. The number of nitrogens with zero attached hydrogens (tertiary/aromatic N) is 1. The molecule has 1 rings (SSSR count). The molecule has 10 heavy (non-hydrogen) atoms. The Labute approximate surface area is 69.9 Å². The minimum Gasteiger partial charge on any atom is -0.333 e. The van der Waals surface area contributed by atoms with E-state index in [1.807, 2.05) is 4.90 Å². The molecule has 58 valence electrons. The van der Waals surface area contributed by atoms with Crippen LogP contribution in [0.25, 0.3) is 0 Å². The van der Waals surface area contributed by atoms with Gasteiger partial charge in [-0.1, -0.05) is 0 Å². The molecule has 1 aliphatic rings. The van der Waals surface area contributed by atoms with E-state index < -0.39 is 0 Å². The van der Waals surface area contributed by atoms with Gasteiger partial charge < -0.3 is 4.90 Å². The van der Waals surface area contributed by atoms with Gasteiger partial charge in [-0.15, -0.1) is 23.4 Å². The maximum absolute atomic E-state index is 10.8. The van der Waals surface area contributed by atoms with Gasteiger partial charge in [-0.25, -0.2) is 0 Å². The fraction of sp³-hybridized carbons (Fsp3) is 0.833. The molecule has 0 aromatic carbocycles. The van der Waals surface area contributed by atoms with Crippen LogP contribution in [0.3, 0.4) is 0 Å². The Morgan fingerprint density at radius 2 is 2.60 bits per heavy atom. The van der Waals surface area contributed by atoms with E-state index in [4.69, 9.17) is 11.6 Å². The Balaban J connectivity index is 2.35. The van der Waals surface area contributed by atoms with E-state index in [1.165, 1.54) is 0 Å². The van der Waals surface area contributed by atoms with Crippen molar-refractivity contribution in [3.8, 4) is 0 Å². The highest BCUT2D eigenvalue weighted by Gasteiger charge is 2.23. The lowest BCUT2D eigenvalue weighted by Gasteiger charge is -2.10. The summed E-state index contributed by atoms with van der Waals surface area (Å²) in [5.41, 5.74) is 0. The average molecular weight is 180 g/mol. The van der Waals surface area contributed by atoms with Crippen LogP contribution in [0, 0.1) is 0 Å². The average Bonchev–Trinajstić information content (AvgIpc) is 2.34. The fourth-order valence-electron chi connectivity index (χ4n) is 0.859. The zero-order chi connectivity index (χ0) is 7.56. The molecular formula is C6H10ClNOS. The number of thioether (sulfide) groups is 1. The second-order valence-corrected chi connectivity index (χ2v) is 3.88. The molecular weight excluding hydrogens is 170 g/mol. The molecule has 1 heterocycles. The summed E-state index contributed by atoms with van der Waals surface area (Å²) in [4.78, 5) is 12.6. The SMILES string of the molecule is CC(=O)N1CSC(CCl)C1. The molecule has 1 unspecified atom stereocenters. The number of amides is 1. The lowest BCUT2D eigenvalue weighted by molar-refractivity contribution is -0.127. The van der Waals surface area contributed by atoms with Crippen molar-refractivity contribution < 1.29 is 4.79 Å². The van der Waals surface area contributed by atoms with Gasteiger partial charge in [-0.05, 0) is 0 Å². The lowest BCUT2D eigenvalue weighted by Crippen LogP contribution is -2.27. The van der Waals surface area contributed by atoms with E-state index in [-0.39, 0.29) is 5.91 Å². The third kappa shape index (κ3) is 1.80. The summed E-state index contributed by atoms with van der Waals surface area (Å²) in [6.07, 6.45) is 0. The van der Waals surface area contributed by atoms with Gasteiger partial charge >= 0.3 is 0 Å². The second-order valence-electron chi connectivity index (χ2n) is 2.31. The van der Waals surface area contributed by atoms with Crippen LogP contribution in [0.2, 0.25) is 0 Å². The highest BCUT2D eigenvalue weighted by atomic mass is 35.5. The molecule has 2 nitrogen and oxygen atoms in total. The lowest BCUT2D eigenvalue weighted by atomic mass is 10.4. The molecule has 0 aliphatic carbocycles. The summed E-state index contributed by atoms with van der Waals surface area (Å²) in [7, 11) is 0. The smallest absolute Gasteiger partial charge is 0.220 e. The summed E-state index contributed by atoms with van der Waals surface area (Å²) < 4.78 is 0. The van der Waals surface area contributed by atoms with E-state index >= 15 is 0 Å². The second kappa shape index (κ2) is 3.49. The van der Waals surface area contributed by atoms with Gasteiger partial charge in [0.1, 0.15) is 0 Å². The summed E-state index contributed by atoms with van der Waals surface area (Å²) in [6, 6.07) is 0. The third-order valence-electron chi connectivity index (χ3n) is 1.51. The van der Waals surface area contributed by atoms with Crippen LogP contribution >= 0.6 is 23.4 Å². The maximum Gasteiger partial charge on any atom is 0.220 e. The standard InChI is InChI=1S/C6H10ClNOS/c1-5(9)8-3-6(2-7)10-4-8/h6H,2-4H2,1H3. The van der Waals surface area contributed by atoms with Gasteiger partial charge in [-0.3, -0.25) is 4.79 Å². The quantitative estimate of drug-likeness (QED) is 0.563. The highest BCUT2D eigenvalue weighted by Crippen LogP contribution is 2.22. The molecule has 4 heteroatoms. The molecule has 1 amide bonds. The largest absolute Gasteiger partial charge is 0.333 e. The molecule has 0 saturated carbocycles. The van der Waals surface area contributed by atoms with Crippen LogP contribution in [0.4, 0.5) is 0 Å². The first-order valence-corrected chi connectivity index (χ1v) is 4.75. The summed E-state index contributed by atoms with van der Waals surface area (Å²) in [6.45, 7) is 2.42.